The molecular weight excluding hydrogens is 325 g/mol. The van der Waals surface area contributed by atoms with Gasteiger partial charge in [-0.15, -0.1) is 0 Å². The lowest BCUT2D eigenvalue weighted by molar-refractivity contribution is 0.401. The first-order chi connectivity index (χ1) is 11.0. The highest BCUT2D eigenvalue weighted by Gasteiger charge is 2.38. The molecule has 1 saturated heterocycles. The quantitative estimate of drug-likeness (QED) is 0.600. The number of allylic oxidation sites excluding steroid dienone is 1. The minimum absolute atomic E-state index is 0.242. The predicted molar refractivity (Wildman–Crippen MR) is 106 cm³/mol. The van der Waals surface area contributed by atoms with E-state index in [-0.39, 0.29) is 5.41 Å². The fourth-order valence-electron chi connectivity index (χ4n) is 3.61. The fourth-order valence-corrected chi connectivity index (χ4v) is 3.91. The molecule has 2 rings (SSSR count). The van der Waals surface area contributed by atoms with Gasteiger partial charge in [0, 0.05) is 12.0 Å². The van der Waals surface area contributed by atoms with Crippen molar-refractivity contribution >= 4 is 28.8 Å². The Balaban J connectivity index is 0.00000127. The van der Waals surface area contributed by atoms with E-state index in [1.165, 1.54) is 36.0 Å². The van der Waals surface area contributed by atoms with Crippen LogP contribution in [-0.4, -0.2) is 13.1 Å². The molecule has 1 aliphatic heterocycles. The summed E-state index contributed by atoms with van der Waals surface area (Å²) in [6, 6.07) is 6.08. The molecule has 0 saturated carbocycles. The Kier molecular flexibility index (Phi) is 8.68. The third-order valence-corrected chi connectivity index (χ3v) is 5.41. The van der Waals surface area contributed by atoms with E-state index in [9.17, 15) is 0 Å². The Bertz CT molecular complexity index is 528. The average molecular weight is 356 g/mol. The van der Waals surface area contributed by atoms with Gasteiger partial charge < -0.3 is 5.32 Å². The Labute approximate surface area is 152 Å². The molecule has 0 aromatic heterocycles. The summed E-state index contributed by atoms with van der Waals surface area (Å²) in [6.45, 7) is 12.9. The molecule has 1 atom stereocenters. The van der Waals surface area contributed by atoms with Crippen molar-refractivity contribution in [2.75, 3.05) is 13.1 Å². The van der Waals surface area contributed by atoms with Crippen LogP contribution < -0.4 is 5.32 Å². The lowest BCUT2D eigenvalue weighted by Gasteiger charge is -2.33. The molecule has 1 nitrogen and oxygen atoms in total. The van der Waals surface area contributed by atoms with Crippen molar-refractivity contribution in [3.8, 4) is 0 Å². The largest absolute Gasteiger partial charge is 0.316 e. The van der Waals surface area contributed by atoms with Crippen LogP contribution in [0.1, 0.15) is 65.9 Å². The summed E-state index contributed by atoms with van der Waals surface area (Å²) in [5.74, 6) is 0. The summed E-state index contributed by atoms with van der Waals surface area (Å²) in [7, 11) is 0. The van der Waals surface area contributed by atoms with E-state index in [0.29, 0.717) is 10.0 Å². The molecule has 1 unspecified atom stereocenters. The SMILES string of the molecule is CC.CCCC1(/C(=C(\C)CC)c2ccc(Cl)c(Cl)c2)CCNC1. The van der Waals surface area contributed by atoms with E-state index in [0.717, 1.165) is 19.5 Å². The molecule has 0 aliphatic carbocycles. The third kappa shape index (κ3) is 4.75. The molecule has 1 heterocycles. The number of hydrogen-bond donors (Lipinski definition) is 1. The highest BCUT2D eigenvalue weighted by molar-refractivity contribution is 6.42. The zero-order valence-corrected chi connectivity index (χ0v) is 16.7. The summed E-state index contributed by atoms with van der Waals surface area (Å²) in [5, 5.41) is 4.83. The molecule has 3 heteroatoms. The van der Waals surface area contributed by atoms with Gasteiger partial charge in [-0.2, -0.15) is 0 Å². The summed E-state index contributed by atoms with van der Waals surface area (Å²) >= 11 is 12.4. The average Bonchev–Trinajstić information content (AvgIpc) is 3.02. The van der Waals surface area contributed by atoms with Gasteiger partial charge in [0.15, 0.2) is 0 Å². The van der Waals surface area contributed by atoms with Crippen molar-refractivity contribution in [3.63, 3.8) is 0 Å². The van der Waals surface area contributed by atoms with Gasteiger partial charge in [0.05, 0.1) is 10.0 Å². The smallest absolute Gasteiger partial charge is 0.0598 e. The molecule has 23 heavy (non-hydrogen) atoms. The zero-order chi connectivity index (χ0) is 17.5. The molecule has 0 radical (unpaired) electrons. The van der Waals surface area contributed by atoms with Crippen LogP contribution in [-0.2, 0) is 0 Å². The van der Waals surface area contributed by atoms with Crippen molar-refractivity contribution in [1.29, 1.82) is 0 Å². The van der Waals surface area contributed by atoms with Gasteiger partial charge in [-0.1, -0.05) is 69.0 Å². The summed E-state index contributed by atoms with van der Waals surface area (Å²) in [4.78, 5) is 0. The maximum Gasteiger partial charge on any atom is 0.0598 e. The number of benzene rings is 1. The van der Waals surface area contributed by atoms with E-state index < -0.39 is 0 Å². The predicted octanol–water partition coefficient (Wildman–Crippen LogP) is 6.98. The van der Waals surface area contributed by atoms with E-state index in [4.69, 9.17) is 23.2 Å². The van der Waals surface area contributed by atoms with Crippen LogP contribution in [0.2, 0.25) is 10.0 Å². The van der Waals surface area contributed by atoms with Crippen LogP contribution in [0.15, 0.2) is 23.8 Å². The van der Waals surface area contributed by atoms with Gasteiger partial charge in [0.25, 0.3) is 0 Å². The second-order valence-electron chi connectivity index (χ2n) is 6.09. The second-order valence-corrected chi connectivity index (χ2v) is 6.91. The topological polar surface area (TPSA) is 12.0 Å². The van der Waals surface area contributed by atoms with Crippen LogP contribution in [0, 0.1) is 5.41 Å². The Morgan fingerprint density at radius 2 is 1.87 bits per heavy atom. The molecule has 0 bridgehead atoms. The number of hydrogen-bond acceptors (Lipinski definition) is 1. The summed E-state index contributed by atoms with van der Waals surface area (Å²) in [5.41, 5.74) is 4.42. The second kappa shape index (κ2) is 9.71. The van der Waals surface area contributed by atoms with Gasteiger partial charge in [-0.05, 0) is 56.0 Å². The maximum absolute atomic E-state index is 6.26. The number of rotatable bonds is 5. The minimum atomic E-state index is 0.242. The minimum Gasteiger partial charge on any atom is -0.316 e. The Morgan fingerprint density at radius 3 is 2.35 bits per heavy atom. The van der Waals surface area contributed by atoms with Gasteiger partial charge in [0.1, 0.15) is 0 Å². The van der Waals surface area contributed by atoms with Crippen LogP contribution in [0.5, 0.6) is 0 Å². The fraction of sp³-hybridized carbons (Fsp3) is 0.600. The van der Waals surface area contributed by atoms with E-state index >= 15 is 0 Å². The number of nitrogens with one attached hydrogen (secondary N) is 1. The van der Waals surface area contributed by atoms with Crippen LogP contribution in [0.25, 0.3) is 5.57 Å². The van der Waals surface area contributed by atoms with E-state index in [1.54, 1.807) is 0 Å². The first kappa shape index (κ1) is 20.5. The first-order valence-corrected chi connectivity index (χ1v) is 9.66. The summed E-state index contributed by atoms with van der Waals surface area (Å²) in [6.07, 6.45) is 4.69. The van der Waals surface area contributed by atoms with Crippen molar-refractivity contribution in [1.82, 2.24) is 5.32 Å². The summed E-state index contributed by atoms with van der Waals surface area (Å²) < 4.78 is 0. The third-order valence-electron chi connectivity index (χ3n) is 4.67. The molecule has 1 aliphatic rings. The normalized spacial score (nSPS) is 21.5. The van der Waals surface area contributed by atoms with Crippen molar-refractivity contribution in [3.05, 3.63) is 39.4 Å². The zero-order valence-electron chi connectivity index (χ0n) is 15.2. The molecule has 0 spiro atoms. The standard InChI is InChI=1S/C18H25Cl2N.C2H6/c1-4-8-18(9-10-21-12-18)17(13(3)5-2)14-6-7-15(19)16(20)11-14;1-2/h6-7,11,21H,4-5,8-10,12H2,1-3H3;1-2H3/b17-13+;. The molecular formula is C20H31Cl2N. The molecule has 1 aromatic carbocycles. The van der Waals surface area contributed by atoms with Crippen molar-refractivity contribution in [2.24, 2.45) is 5.41 Å². The van der Waals surface area contributed by atoms with Crippen LogP contribution in [0.4, 0.5) is 0 Å². The van der Waals surface area contributed by atoms with Crippen LogP contribution >= 0.6 is 23.2 Å². The maximum atomic E-state index is 6.26. The molecule has 130 valence electrons. The lowest BCUT2D eigenvalue weighted by atomic mass is 9.71. The Hall–Kier alpha value is -0.500. The van der Waals surface area contributed by atoms with Gasteiger partial charge in [-0.25, -0.2) is 0 Å². The monoisotopic (exact) mass is 355 g/mol. The highest BCUT2D eigenvalue weighted by atomic mass is 35.5. The Morgan fingerprint density at radius 1 is 1.17 bits per heavy atom. The van der Waals surface area contributed by atoms with Gasteiger partial charge in [0.2, 0.25) is 0 Å². The number of halogens is 2. The molecule has 0 amide bonds. The van der Waals surface area contributed by atoms with Crippen molar-refractivity contribution < 1.29 is 0 Å². The molecule has 1 aromatic rings. The molecule has 1 fully saturated rings. The van der Waals surface area contributed by atoms with E-state index in [2.05, 4.69) is 32.2 Å². The molecule has 1 N–H and O–H groups in total. The van der Waals surface area contributed by atoms with Gasteiger partial charge >= 0.3 is 0 Å². The first-order valence-electron chi connectivity index (χ1n) is 8.90. The van der Waals surface area contributed by atoms with Crippen LogP contribution in [0.3, 0.4) is 0 Å². The lowest BCUT2D eigenvalue weighted by Crippen LogP contribution is -2.26. The van der Waals surface area contributed by atoms with E-state index in [1.807, 2.05) is 26.0 Å². The highest BCUT2D eigenvalue weighted by Crippen LogP contribution is 2.47. The van der Waals surface area contributed by atoms with Gasteiger partial charge in [-0.3, -0.25) is 0 Å². The van der Waals surface area contributed by atoms with Crippen molar-refractivity contribution in [2.45, 2.75) is 60.3 Å².